The Kier molecular flexibility index (Phi) is 3.16. The molecule has 2 heterocycles. The van der Waals surface area contributed by atoms with Gasteiger partial charge >= 0.3 is 5.97 Å². The van der Waals surface area contributed by atoms with E-state index in [1.54, 1.807) is 18.3 Å². The van der Waals surface area contributed by atoms with Gasteiger partial charge in [0.1, 0.15) is 0 Å². The highest BCUT2D eigenvalue weighted by molar-refractivity contribution is 6.30. The summed E-state index contributed by atoms with van der Waals surface area (Å²) in [6, 6.07) is 9.05. The van der Waals surface area contributed by atoms with Crippen molar-refractivity contribution in [3.8, 4) is 0 Å². The van der Waals surface area contributed by atoms with Gasteiger partial charge in [-0.25, -0.2) is 4.79 Å². The van der Waals surface area contributed by atoms with Gasteiger partial charge in [0.25, 0.3) is 0 Å². The summed E-state index contributed by atoms with van der Waals surface area (Å²) in [7, 11) is 0. The molecule has 1 aromatic carbocycles. The Morgan fingerprint density at radius 3 is 2.90 bits per heavy atom. The standard InChI is InChI=1S/C15H10ClNO3/c16-11-3-4-17-12(7-11)6-9-1-2-13-10(5-9)8-20-14(13)15(18)19/h1-5,7-8H,6H2,(H,18,19). The van der Waals surface area contributed by atoms with Gasteiger partial charge in [-0.05, 0) is 29.8 Å². The van der Waals surface area contributed by atoms with Crippen LogP contribution in [0.3, 0.4) is 0 Å². The lowest BCUT2D eigenvalue weighted by atomic mass is 10.1. The van der Waals surface area contributed by atoms with Gasteiger partial charge in [0.15, 0.2) is 0 Å². The number of nitrogens with zero attached hydrogens (tertiary/aromatic N) is 1. The number of fused-ring (bicyclic) bond motifs is 1. The van der Waals surface area contributed by atoms with Crippen molar-refractivity contribution in [2.75, 3.05) is 0 Å². The second-order valence-electron chi connectivity index (χ2n) is 4.43. The number of hydrogen-bond acceptors (Lipinski definition) is 3. The van der Waals surface area contributed by atoms with E-state index in [4.69, 9.17) is 21.1 Å². The predicted octanol–water partition coefficient (Wildman–Crippen LogP) is 3.77. The van der Waals surface area contributed by atoms with Crippen molar-refractivity contribution < 1.29 is 14.3 Å². The molecule has 0 saturated heterocycles. The number of aromatic carboxylic acids is 1. The maximum Gasteiger partial charge on any atom is 0.372 e. The number of benzene rings is 1. The third-order valence-electron chi connectivity index (χ3n) is 3.02. The Morgan fingerprint density at radius 2 is 2.15 bits per heavy atom. The fraction of sp³-hybridized carbons (Fsp3) is 0.0667. The molecule has 3 rings (SSSR count). The topological polar surface area (TPSA) is 63.3 Å². The van der Waals surface area contributed by atoms with E-state index >= 15 is 0 Å². The van der Waals surface area contributed by atoms with Crippen molar-refractivity contribution in [1.29, 1.82) is 0 Å². The molecule has 0 aliphatic rings. The lowest BCUT2D eigenvalue weighted by molar-refractivity contribution is 0.0665. The molecule has 4 nitrogen and oxygen atoms in total. The van der Waals surface area contributed by atoms with Gasteiger partial charge in [-0.3, -0.25) is 4.98 Å². The van der Waals surface area contributed by atoms with Crippen LogP contribution < -0.4 is 0 Å². The quantitative estimate of drug-likeness (QED) is 0.796. The fourth-order valence-corrected chi connectivity index (χ4v) is 2.31. The number of pyridine rings is 1. The maximum absolute atomic E-state index is 11.0. The van der Waals surface area contributed by atoms with Crippen molar-refractivity contribution >= 4 is 28.3 Å². The molecule has 0 atom stereocenters. The zero-order valence-electron chi connectivity index (χ0n) is 10.3. The predicted molar refractivity (Wildman–Crippen MR) is 75.2 cm³/mol. The van der Waals surface area contributed by atoms with Gasteiger partial charge in [0, 0.05) is 34.1 Å². The van der Waals surface area contributed by atoms with Crippen LogP contribution in [0.15, 0.2) is 47.2 Å². The summed E-state index contributed by atoms with van der Waals surface area (Å²) in [5.41, 5.74) is 1.88. The Labute approximate surface area is 119 Å². The molecular formula is C15H10ClNO3. The zero-order valence-corrected chi connectivity index (χ0v) is 11.1. The Bertz CT molecular complexity index is 795. The molecule has 100 valence electrons. The first kappa shape index (κ1) is 12.7. The van der Waals surface area contributed by atoms with Crippen LogP contribution in [-0.4, -0.2) is 16.1 Å². The minimum Gasteiger partial charge on any atom is -0.475 e. The van der Waals surface area contributed by atoms with Gasteiger partial charge in [-0.15, -0.1) is 0 Å². The third-order valence-corrected chi connectivity index (χ3v) is 3.26. The summed E-state index contributed by atoms with van der Waals surface area (Å²) in [6.45, 7) is 0. The number of hydrogen-bond donors (Lipinski definition) is 1. The summed E-state index contributed by atoms with van der Waals surface area (Å²) < 4.78 is 5.06. The molecule has 0 unspecified atom stereocenters. The van der Waals surface area contributed by atoms with Crippen LogP contribution in [0, 0.1) is 0 Å². The zero-order chi connectivity index (χ0) is 14.1. The van der Waals surface area contributed by atoms with Crippen molar-refractivity contribution in [2.45, 2.75) is 6.42 Å². The summed E-state index contributed by atoms with van der Waals surface area (Å²) in [5, 5.41) is 11.0. The van der Waals surface area contributed by atoms with Crippen molar-refractivity contribution in [3.05, 3.63) is 64.8 Å². The van der Waals surface area contributed by atoms with E-state index in [0.717, 1.165) is 16.6 Å². The molecule has 0 bridgehead atoms. The summed E-state index contributed by atoms with van der Waals surface area (Å²) in [5.74, 6) is -1.10. The summed E-state index contributed by atoms with van der Waals surface area (Å²) in [6.07, 6.45) is 3.74. The van der Waals surface area contributed by atoms with E-state index in [2.05, 4.69) is 4.98 Å². The molecular weight excluding hydrogens is 278 g/mol. The summed E-state index contributed by atoms with van der Waals surface area (Å²) in [4.78, 5) is 15.2. The molecule has 5 heteroatoms. The second-order valence-corrected chi connectivity index (χ2v) is 4.87. The first-order valence-electron chi connectivity index (χ1n) is 5.97. The normalized spacial score (nSPS) is 10.8. The lowest BCUT2D eigenvalue weighted by Crippen LogP contribution is -1.94. The Balaban J connectivity index is 1.95. The maximum atomic E-state index is 11.0. The van der Waals surface area contributed by atoms with Crippen LogP contribution in [0.25, 0.3) is 10.8 Å². The average molecular weight is 288 g/mol. The first-order valence-corrected chi connectivity index (χ1v) is 6.35. The van der Waals surface area contributed by atoms with Crippen LogP contribution >= 0.6 is 11.6 Å². The molecule has 0 radical (unpaired) electrons. The molecule has 0 aliphatic heterocycles. The monoisotopic (exact) mass is 287 g/mol. The number of carboxylic acid groups (broad SMARTS) is 1. The van der Waals surface area contributed by atoms with Crippen molar-refractivity contribution in [1.82, 2.24) is 4.98 Å². The van der Waals surface area contributed by atoms with Crippen LogP contribution in [-0.2, 0) is 6.42 Å². The van der Waals surface area contributed by atoms with Crippen LogP contribution in [0.4, 0.5) is 0 Å². The highest BCUT2D eigenvalue weighted by Gasteiger charge is 2.13. The first-order chi connectivity index (χ1) is 9.63. The minimum absolute atomic E-state index is 0.0348. The van der Waals surface area contributed by atoms with Crippen LogP contribution in [0.5, 0.6) is 0 Å². The smallest absolute Gasteiger partial charge is 0.372 e. The van der Waals surface area contributed by atoms with Gasteiger partial charge in [-0.2, -0.15) is 0 Å². The van der Waals surface area contributed by atoms with E-state index in [0.29, 0.717) is 16.8 Å². The third kappa shape index (κ3) is 2.38. The number of carbonyl (C=O) groups is 1. The number of carboxylic acids is 1. The molecule has 0 fully saturated rings. The molecule has 0 aliphatic carbocycles. The van der Waals surface area contributed by atoms with Gasteiger partial charge in [0.05, 0.1) is 6.26 Å². The Morgan fingerprint density at radius 1 is 1.30 bits per heavy atom. The molecule has 0 spiro atoms. The fourth-order valence-electron chi connectivity index (χ4n) is 2.13. The van der Waals surface area contributed by atoms with Crippen LogP contribution in [0.1, 0.15) is 21.8 Å². The van der Waals surface area contributed by atoms with E-state index in [1.807, 2.05) is 18.2 Å². The summed E-state index contributed by atoms with van der Waals surface area (Å²) >= 11 is 5.92. The van der Waals surface area contributed by atoms with Crippen molar-refractivity contribution in [3.63, 3.8) is 0 Å². The van der Waals surface area contributed by atoms with E-state index in [9.17, 15) is 4.79 Å². The van der Waals surface area contributed by atoms with E-state index in [1.165, 1.54) is 6.26 Å². The second kappa shape index (κ2) is 4.98. The van der Waals surface area contributed by atoms with Crippen LogP contribution in [0.2, 0.25) is 5.02 Å². The highest BCUT2D eigenvalue weighted by atomic mass is 35.5. The highest BCUT2D eigenvalue weighted by Crippen LogP contribution is 2.23. The number of rotatable bonds is 3. The van der Waals surface area contributed by atoms with E-state index in [-0.39, 0.29) is 5.76 Å². The van der Waals surface area contributed by atoms with Gasteiger partial charge < -0.3 is 9.52 Å². The molecule has 3 aromatic rings. The molecule has 20 heavy (non-hydrogen) atoms. The molecule has 1 N–H and O–H groups in total. The average Bonchev–Trinajstić information content (AvgIpc) is 2.82. The minimum atomic E-state index is -1.07. The van der Waals surface area contributed by atoms with E-state index < -0.39 is 5.97 Å². The molecule has 0 saturated carbocycles. The number of furan rings is 1. The lowest BCUT2D eigenvalue weighted by Gasteiger charge is -2.02. The number of halogens is 1. The number of aromatic nitrogens is 1. The molecule has 0 amide bonds. The Hall–Kier alpha value is -2.33. The molecule has 2 aromatic heterocycles. The van der Waals surface area contributed by atoms with Gasteiger partial charge in [-0.1, -0.05) is 17.7 Å². The van der Waals surface area contributed by atoms with Gasteiger partial charge in [0.2, 0.25) is 5.76 Å². The van der Waals surface area contributed by atoms with Crippen molar-refractivity contribution in [2.24, 2.45) is 0 Å². The SMILES string of the molecule is O=C(O)c1occ2cc(Cc3cc(Cl)ccn3)ccc12. The largest absolute Gasteiger partial charge is 0.475 e.